The van der Waals surface area contributed by atoms with Crippen molar-refractivity contribution in [1.29, 1.82) is 0 Å². The van der Waals surface area contributed by atoms with Crippen LogP contribution in [0, 0.1) is 5.92 Å². The normalized spacial score (nSPS) is 15.8. The molecule has 1 aliphatic heterocycles. The fourth-order valence-electron chi connectivity index (χ4n) is 3.34. The highest BCUT2D eigenvalue weighted by Gasteiger charge is 2.20. The van der Waals surface area contributed by atoms with Gasteiger partial charge < -0.3 is 15.0 Å². The molecule has 0 bridgehead atoms. The van der Waals surface area contributed by atoms with Gasteiger partial charge in [-0.25, -0.2) is 4.98 Å². The van der Waals surface area contributed by atoms with E-state index in [2.05, 4.69) is 21.4 Å². The van der Waals surface area contributed by atoms with E-state index in [9.17, 15) is 9.59 Å². The number of amides is 1. The van der Waals surface area contributed by atoms with Crippen LogP contribution in [-0.2, 0) is 17.6 Å². The van der Waals surface area contributed by atoms with Gasteiger partial charge in [-0.3, -0.25) is 9.59 Å². The van der Waals surface area contributed by atoms with Crippen LogP contribution in [0.3, 0.4) is 0 Å². The van der Waals surface area contributed by atoms with Crippen LogP contribution >= 0.6 is 0 Å². The summed E-state index contributed by atoms with van der Waals surface area (Å²) < 4.78 is 5.75. The molecule has 2 N–H and O–H groups in total. The molecule has 0 fully saturated rings. The molecule has 0 radical (unpaired) electrons. The van der Waals surface area contributed by atoms with Gasteiger partial charge in [0, 0.05) is 25.3 Å². The molecule has 1 atom stereocenters. The SMILES string of the molecule is O=C(CCc1nc2ccccc2[nH]c1=O)NC[C@@H]1COc2ccccc2C1. The van der Waals surface area contributed by atoms with Gasteiger partial charge in [-0.05, 0) is 30.2 Å². The Labute approximate surface area is 156 Å². The Balaban J connectivity index is 1.30. The number of nitrogens with one attached hydrogen (secondary N) is 2. The molecule has 1 amide bonds. The summed E-state index contributed by atoms with van der Waals surface area (Å²) in [4.78, 5) is 31.5. The number of fused-ring (bicyclic) bond motifs is 2. The number of rotatable bonds is 5. The van der Waals surface area contributed by atoms with Crippen LogP contribution in [0.25, 0.3) is 11.0 Å². The van der Waals surface area contributed by atoms with Gasteiger partial charge >= 0.3 is 0 Å². The second-order valence-electron chi connectivity index (χ2n) is 6.82. The smallest absolute Gasteiger partial charge is 0.270 e. The topological polar surface area (TPSA) is 84.1 Å². The Bertz CT molecular complexity index is 1030. The van der Waals surface area contributed by atoms with Crippen molar-refractivity contribution in [2.45, 2.75) is 19.3 Å². The number of ether oxygens (including phenoxy) is 1. The number of aromatic nitrogens is 2. The largest absolute Gasteiger partial charge is 0.493 e. The predicted octanol–water partition coefficient (Wildman–Crippen LogP) is 2.22. The summed E-state index contributed by atoms with van der Waals surface area (Å²) in [6.45, 7) is 1.16. The Hall–Kier alpha value is -3.15. The molecular formula is C21H21N3O3. The van der Waals surface area contributed by atoms with E-state index in [1.165, 1.54) is 5.56 Å². The van der Waals surface area contributed by atoms with Crippen molar-refractivity contribution >= 4 is 16.9 Å². The predicted molar refractivity (Wildman–Crippen MR) is 103 cm³/mol. The standard InChI is InChI=1S/C21H21N3O3/c25-20(22-12-14-11-15-5-1-4-8-19(15)27-13-14)10-9-18-21(26)24-17-7-3-2-6-16(17)23-18/h1-8,14H,9-13H2,(H,22,25)(H,24,26)/t14-/m1/s1. The fraction of sp³-hybridized carbons (Fsp3) is 0.286. The second kappa shape index (κ2) is 7.61. The van der Waals surface area contributed by atoms with E-state index in [0.717, 1.165) is 17.7 Å². The number of carbonyl (C=O) groups is 1. The maximum absolute atomic E-state index is 12.2. The van der Waals surface area contributed by atoms with E-state index in [1.54, 1.807) is 0 Å². The number of H-pyrrole nitrogens is 1. The number of hydrogen-bond acceptors (Lipinski definition) is 4. The van der Waals surface area contributed by atoms with Crippen LogP contribution in [0.2, 0.25) is 0 Å². The van der Waals surface area contributed by atoms with Crippen molar-refractivity contribution in [2.24, 2.45) is 5.92 Å². The number of hydrogen-bond donors (Lipinski definition) is 2. The number of nitrogens with zero attached hydrogens (tertiary/aromatic N) is 1. The van der Waals surface area contributed by atoms with Gasteiger partial charge in [0.1, 0.15) is 11.4 Å². The van der Waals surface area contributed by atoms with Crippen molar-refractivity contribution in [3.05, 3.63) is 70.1 Å². The first-order valence-electron chi connectivity index (χ1n) is 9.14. The summed E-state index contributed by atoms with van der Waals surface area (Å²) in [7, 11) is 0. The molecule has 6 nitrogen and oxygen atoms in total. The average Bonchev–Trinajstić information content (AvgIpc) is 2.70. The quantitative estimate of drug-likeness (QED) is 0.728. The monoisotopic (exact) mass is 363 g/mol. The molecule has 0 unspecified atom stereocenters. The Morgan fingerprint density at radius 2 is 2.00 bits per heavy atom. The number of para-hydroxylation sites is 3. The molecule has 6 heteroatoms. The lowest BCUT2D eigenvalue weighted by Gasteiger charge is -2.25. The highest BCUT2D eigenvalue weighted by Crippen LogP contribution is 2.26. The Morgan fingerprint density at radius 1 is 1.19 bits per heavy atom. The zero-order chi connectivity index (χ0) is 18.6. The van der Waals surface area contributed by atoms with E-state index in [0.29, 0.717) is 30.8 Å². The molecule has 0 saturated carbocycles. The van der Waals surface area contributed by atoms with Crippen LogP contribution in [0.15, 0.2) is 53.3 Å². The van der Waals surface area contributed by atoms with E-state index in [1.807, 2.05) is 42.5 Å². The van der Waals surface area contributed by atoms with Crippen molar-refractivity contribution in [3.63, 3.8) is 0 Å². The molecule has 2 heterocycles. The number of benzene rings is 2. The molecule has 2 aromatic carbocycles. The Kier molecular flexibility index (Phi) is 4.87. The van der Waals surface area contributed by atoms with Gasteiger partial charge in [0.2, 0.25) is 5.91 Å². The summed E-state index contributed by atoms with van der Waals surface area (Å²) >= 11 is 0. The van der Waals surface area contributed by atoms with Gasteiger partial charge in [-0.15, -0.1) is 0 Å². The minimum absolute atomic E-state index is 0.0804. The average molecular weight is 363 g/mol. The fourth-order valence-corrected chi connectivity index (χ4v) is 3.34. The van der Waals surface area contributed by atoms with Crippen LogP contribution in [0.5, 0.6) is 5.75 Å². The molecule has 0 saturated heterocycles. The van der Waals surface area contributed by atoms with Crippen molar-refractivity contribution in [1.82, 2.24) is 15.3 Å². The lowest BCUT2D eigenvalue weighted by atomic mass is 9.97. The summed E-state index contributed by atoms with van der Waals surface area (Å²) in [5.74, 6) is 1.11. The minimum Gasteiger partial charge on any atom is -0.493 e. The molecule has 1 aromatic heterocycles. The third-order valence-corrected chi connectivity index (χ3v) is 4.80. The zero-order valence-electron chi connectivity index (χ0n) is 14.9. The molecule has 0 aliphatic carbocycles. The summed E-state index contributed by atoms with van der Waals surface area (Å²) in [5.41, 5.74) is 2.76. The van der Waals surface area contributed by atoms with Gasteiger partial charge in [-0.2, -0.15) is 0 Å². The maximum atomic E-state index is 12.2. The van der Waals surface area contributed by atoms with E-state index in [4.69, 9.17) is 4.74 Å². The summed E-state index contributed by atoms with van der Waals surface area (Å²) in [5, 5.41) is 2.95. The highest BCUT2D eigenvalue weighted by atomic mass is 16.5. The van der Waals surface area contributed by atoms with Crippen molar-refractivity contribution in [3.8, 4) is 5.75 Å². The summed E-state index contributed by atoms with van der Waals surface area (Å²) in [6.07, 6.45) is 1.44. The van der Waals surface area contributed by atoms with Crippen LogP contribution < -0.4 is 15.6 Å². The van der Waals surface area contributed by atoms with E-state index in [-0.39, 0.29) is 23.8 Å². The second-order valence-corrected chi connectivity index (χ2v) is 6.82. The minimum atomic E-state index is -0.237. The summed E-state index contributed by atoms with van der Waals surface area (Å²) in [6, 6.07) is 15.4. The van der Waals surface area contributed by atoms with Crippen LogP contribution in [0.4, 0.5) is 0 Å². The first-order chi connectivity index (χ1) is 13.2. The van der Waals surface area contributed by atoms with E-state index < -0.39 is 0 Å². The molecule has 1 aliphatic rings. The van der Waals surface area contributed by atoms with Crippen LogP contribution in [0.1, 0.15) is 17.7 Å². The van der Waals surface area contributed by atoms with Gasteiger partial charge in [0.25, 0.3) is 5.56 Å². The number of carbonyl (C=O) groups excluding carboxylic acids is 1. The molecule has 0 spiro atoms. The Morgan fingerprint density at radius 3 is 2.93 bits per heavy atom. The number of aromatic amines is 1. The maximum Gasteiger partial charge on any atom is 0.270 e. The lowest BCUT2D eigenvalue weighted by Crippen LogP contribution is -2.35. The molecular weight excluding hydrogens is 342 g/mol. The van der Waals surface area contributed by atoms with Gasteiger partial charge in [-0.1, -0.05) is 30.3 Å². The van der Waals surface area contributed by atoms with Gasteiger partial charge in [0.05, 0.1) is 17.6 Å². The van der Waals surface area contributed by atoms with Crippen LogP contribution in [-0.4, -0.2) is 29.0 Å². The van der Waals surface area contributed by atoms with E-state index >= 15 is 0 Å². The lowest BCUT2D eigenvalue weighted by molar-refractivity contribution is -0.121. The number of aryl methyl sites for hydroxylation is 1. The molecule has 3 aromatic rings. The zero-order valence-corrected chi connectivity index (χ0v) is 14.9. The molecule has 4 rings (SSSR count). The highest BCUT2D eigenvalue weighted by molar-refractivity contribution is 5.76. The molecule has 138 valence electrons. The third-order valence-electron chi connectivity index (χ3n) is 4.80. The van der Waals surface area contributed by atoms with Crippen molar-refractivity contribution in [2.75, 3.05) is 13.2 Å². The third kappa shape index (κ3) is 4.00. The first kappa shape index (κ1) is 17.3. The first-order valence-corrected chi connectivity index (χ1v) is 9.14. The van der Waals surface area contributed by atoms with Crippen molar-refractivity contribution < 1.29 is 9.53 Å². The van der Waals surface area contributed by atoms with Gasteiger partial charge in [0.15, 0.2) is 0 Å². The molecule has 27 heavy (non-hydrogen) atoms.